The lowest BCUT2D eigenvalue weighted by molar-refractivity contribution is 0.628. The van der Waals surface area contributed by atoms with Gasteiger partial charge in [0.1, 0.15) is 5.82 Å². The van der Waals surface area contributed by atoms with Crippen LogP contribution in [0.25, 0.3) is 0 Å². The molecular formula is C10H10ClFN4. The van der Waals surface area contributed by atoms with E-state index in [-0.39, 0.29) is 5.82 Å². The van der Waals surface area contributed by atoms with Gasteiger partial charge in [0, 0.05) is 7.05 Å². The number of nitrogens with zero attached hydrogens (tertiary/aromatic N) is 3. The first-order chi connectivity index (χ1) is 7.66. The molecule has 6 heteroatoms. The van der Waals surface area contributed by atoms with Crippen molar-refractivity contribution in [1.82, 2.24) is 15.0 Å². The number of aromatic nitrogens is 3. The van der Waals surface area contributed by atoms with Gasteiger partial charge in [-0.3, -0.25) is 4.68 Å². The fourth-order valence-corrected chi connectivity index (χ4v) is 1.52. The Bertz CT molecular complexity index is 497. The van der Waals surface area contributed by atoms with Crippen molar-refractivity contribution in [3.63, 3.8) is 0 Å². The molecule has 0 radical (unpaired) electrons. The fourth-order valence-electron chi connectivity index (χ4n) is 1.29. The number of halogens is 2. The highest BCUT2D eigenvalue weighted by Crippen LogP contribution is 2.22. The summed E-state index contributed by atoms with van der Waals surface area (Å²) in [6.07, 6.45) is 1.66. The number of aryl methyl sites for hydroxylation is 1. The average molecular weight is 241 g/mol. The van der Waals surface area contributed by atoms with E-state index in [1.807, 2.05) is 0 Å². The molecule has 0 bridgehead atoms. The first-order valence-corrected chi connectivity index (χ1v) is 5.07. The van der Waals surface area contributed by atoms with Gasteiger partial charge >= 0.3 is 0 Å². The third-order valence-corrected chi connectivity index (χ3v) is 2.51. The van der Waals surface area contributed by atoms with Gasteiger partial charge in [-0.2, -0.15) is 0 Å². The van der Waals surface area contributed by atoms with Crippen LogP contribution in [-0.2, 0) is 13.6 Å². The van der Waals surface area contributed by atoms with Crippen LogP contribution >= 0.6 is 11.6 Å². The summed E-state index contributed by atoms with van der Waals surface area (Å²) in [6.45, 7) is 0.537. The maximum atomic E-state index is 12.8. The molecule has 16 heavy (non-hydrogen) atoms. The second-order valence-electron chi connectivity index (χ2n) is 3.33. The number of hydrogen-bond donors (Lipinski definition) is 1. The molecule has 0 atom stereocenters. The van der Waals surface area contributed by atoms with Crippen LogP contribution in [0, 0.1) is 5.82 Å². The molecule has 0 saturated carbocycles. The molecule has 1 N–H and O–H groups in total. The SMILES string of the molecule is Cn1nncc1CNc1ccc(F)cc1Cl. The van der Waals surface area contributed by atoms with Gasteiger partial charge in [0.15, 0.2) is 0 Å². The predicted octanol–water partition coefficient (Wildman–Crippen LogP) is 2.22. The molecule has 2 aromatic rings. The third-order valence-electron chi connectivity index (χ3n) is 2.20. The number of hydrogen-bond acceptors (Lipinski definition) is 3. The van der Waals surface area contributed by atoms with Gasteiger partial charge in [-0.05, 0) is 18.2 Å². The summed E-state index contributed by atoms with van der Waals surface area (Å²) in [5.41, 5.74) is 1.60. The first-order valence-electron chi connectivity index (χ1n) is 4.69. The van der Waals surface area contributed by atoms with Crippen LogP contribution in [0.5, 0.6) is 0 Å². The number of anilines is 1. The minimum absolute atomic E-state index is 0.349. The topological polar surface area (TPSA) is 42.7 Å². The van der Waals surface area contributed by atoms with E-state index in [1.54, 1.807) is 24.0 Å². The Labute approximate surface area is 97.0 Å². The molecule has 84 valence electrons. The fraction of sp³-hybridized carbons (Fsp3) is 0.200. The Balaban J connectivity index is 2.08. The summed E-state index contributed by atoms with van der Waals surface area (Å²) >= 11 is 5.87. The van der Waals surface area contributed by atoms with Gasteiger partial charge in [0.2, 0.25) is 0 Å². The molecule has 0 saturated heterocycles. The Kier molecular flexibility index (Phi) is 3.05. The number of nitrogens with one attached hydrogen (secondary N) is 1. The van der Waals surface area contributed by atoms with Crippen molar-refractivity contribution in [2.75, 3.05) is 5.32 Å². The molecule has 1 aromatic heterocycles. The summed E-state index contributed by atoms with van der Waals surface area (Å²) in [5.74, 6) is -0.349. The Morgan fingerprint density at radius 2 is 2.31 bits per heavy atom. The minimum Gasteiger partial charge on any atom is -0.378 e. The van der Waals surface area contributed by atoms with E-state index >= 15 is 0 Å². The Hall–Kier alpha value is -1.62. The van der Waals surface area contributed by atoms with E-state index in [0.717, 1.165) is 5.69 Å². The average Bonchev–Trinajstić information content (AvgIpc) is 2.63. The van der Waals surface area contributed by atoms with E-state index in [9.17, 15) is 4.39 Å². The maximum absolute atomic E-state index is 12.8. The van der Waals surface area contributed by atoms with Crippen molar-refractivity contribution < 1.29 is 4.39 Å². The van der Waals surface area contributed by atoms with Crippen LogP contribution in [0.2, 0.25) is 5.02 Å². The largest absolute Gasteiger partial charge is 0.378 e. The lowest BCUT2D eigenvalue weighted by Crippen LogP contribution is -2.05. The van der Waals surface area contributed by atoms with E-state index in [2.05, 4.69) is 15.6 Å². The molecule has 0 amide bonds. The summed E-state index contributed by atoms with van der Waals surface area (Å²) in [6, 6.07) is 4.22. The maximum Gasteiger partial charge on any atom is 0.124 e. The van der Waals surface area contributed by atoms with Crippen LogP contribution in [0.3, 0.4) is 0 Å². The molecule has 1 heterocycles. The van der Waals surface area contributed by atoms with Gasteiger partial charge in [-0.15, -0.1) is 5.10 Å². The van der Waals surface area contributed by atoms with Crippen molar-refractivity contribution in [3.05, 3.63) is 40.9 Å². The van der Waals surface area contributed by atoms with Crippen LogP contribution in [0.1, 0.15) is 5.69 Å². The molecule has 0 unspecified atom stereocenters. The normalized spacial score (nSPS) is 10.4. The third kappa shape index (κ3) is 2.30. The van der Waals surface area contributed by atoms with E-state index < -0.39 is 0 Å². The predicted molar refractivity (Wildman–Crippen MR) is 59.7 cm³/mol. The summed E-state index contributed by atoms with van der Waals surface area (Å²) < 4.78 is 14.4. The zero-order chi connectivity index (χ0) is 11.5. The molecule has 2 rings (SSSR count). The van der Waals surface area contributed by atoms with Crippen LogP contribution in [0.15, 0.2) is 24.4 Å². The number of benzene rings is 1. The highest BCUT2D eigenvalue weighted by molar-refractivity contribution is 6.33. The second kappa shape index (κ2) is 4.49. The standard InChI is InChI=1S/C10H10ClFN4/c1-16-8(6-14-15-16)5-13-10-3-2-7(12)4-9(10)11/h2-4,6,13H,5H2,1H3. The highest BCUT2D eigenvalue weighted by atomic mass is 35.5. The molecule has 0 aliphatic carbocycles. The zero-order valence-electron chi connectivity index (χ0n) is 8.61. The lowest BCUT2D eigenvalue weighted by atomic mass is 10.3. The van der Waals surface area contributed by atoms with Gasteiger partial charge in [-0.25, -0.2) is 4.39 Å². The molecule has 4 nitrogen and oxygen atoms in total. The Morgan fingerprint density at radius 1 is 1.50 bits per heavy atom. The summed E-state index contributed by atoms with van der Waals surface area (Å²) in [4.78, 5) is 0. The van der Waals surface area contributed by atoms with Gasteiger partial charge < -0.3 is 5.32 Å². The lowest BCUT2D eigenvalue weighted by Gasteiger charge is -2.07. The summed E-state index contributed by atoms with van der Waals surface area (Å²) in [5, 5.41) is 11.0. The van der Waals surface area contributed by atoms with Gasteiger partial charge in [0.25, 0.3) is 0 Å². The molecule has 0 fully saturated rings. The first kappa shape index (κ1) is 10.9. The van der Waals surface area contributed by atoms with Gasteiger partial charge in [-0.1, -0.05) is 16.8 Å². The molecule has 0 aliphatic heterocycles. The van der Waals surface area contributed by atoms with Crippen molar-refractivity contribution in [1.29, 1.82) is 0 Å². The van der Waals surface area contributed by atoms with Crippen molar-refractivity contribution >= 4 is 17.3 Å². The molecule has 0 spiro atoms. The highest BCUT2D eigenvalue weighted by Gasteiger charge is 2.03. The quantitative estimate of drug-likeness (QED) is 0.895. The minimum atomic E-state index is -0.349. The Morgan fingerprint density at radius 3 is 2.94 bits per heavy atom. The van der Waals surface area contributed by atoms with Crippen LogP contribution < -0.4 is 5.32 Å². The molecule has 0 aliphatic rings. The smallest absolute Gasteiger partial charge is 0.124 e. The van der Waals surface area contributed by atoms with Crippen molar-refractivity contribution in [2.45, 2.75) is 6.54 Å². The number of rotatable bonds is 3. The summed E-state index contributed by atoms with van der Waals surface area (Å²) in [7, 11) is 1.80. The van der Waals surface area contributed by atoms with E-state index in [0.29, 0.717) is 17.3 Å². The second-order valence-corrected chi connectivity index (χ2v) is 3.73. The van der Waals surface area contributed by atoms with Crippen LogP contribution in [-0.4, -0.2) is 15.0 Å². The molecule has 1 aromatic carbocycles. The van der Waals surface area contributed by atoms with E-state index in [1.165, 1.54) is 12.1 Å². The van der Waals surface area contributed by atoms with Crippen molar-refractivity contribution in [2.24, 2.45) is 7.05 Å². The van der Waals surface area contributed by atoms with Crippen LogP contribution in [0.4, 0.5) is 10.1 Å². The van der Waals surface area contributed by atoms with Gasteiger partial charge in [0.05, 0.1) is 29.1 Å². The van der Waals surface area contributed by atoms with E-state index in [4.69, 9.17) is 11.6 Å². The monoisotopic (exact) mass is 240 g/mol. The van der Waals surface area contributed by atoms with Crippen molar-refractivity contribution in [3.8, 4) is 0 Å². The zero-order valence-corrected chi connectivity index (χ0v) is 9.37. The molecular weight excluding hydrogens is 231 g/mol.